The SMILES string of the molecule is Fc1ccccc1N1C(=S)N[C@H](c2ccccn2)[C@@H]1c1cccn1-c1ccc(Br)cc1. The van der Waals surface area contributed by atoms with Crippen LogP contribution in [0.1, 0.15) is 23.5 Å². The van der Waals surface area contributed by atoms with Gasteiger partial charge in [-0.15, -0.1) is 0 Å². The Morgan fingerprint density at radius 1 is 0.935 bits per heavy atom. The Kier molecular flexibility index (Phi) is 5.29. The van der Waals surface area contributed by atoms with Crippen LogP contribution in [0.3, 0.4) is 0 Å². The number of rotatable bonds is 4. The zero-order valence-electron chi connectivity index (χ0n) is 16.3. The fourth-order valence-corrected chi connectivity index (χ4v) is 4.64. The summed E-state index contributed by atoms with van der Waals surface area (Å²) < 4.78 is 18.0. The number of benzene rings is 2. The molecule has 1 saturated heterocycles. The zero-order chi connectivity index (χ0) is 21.4. The van der Waals surface area contributed by atoms with Crippen molar-refractivity contribution in [2.45, 2.75) is 12.1 Å². The molecule has 2 aromatic heterocycles. The highest BCUT2D eigenvalue weighted by molar-refractivity contribution is 9.10. The normalized spacial score (nSPS) is 18.3. The second-order valence-electron chi connectivity index (χ2n) is 7.23. The third-order valence-electron chi connectivity index (χ3n) is 5.40. The predicted molar refractivity (Wildman–Crippen MR) is 128 cm³/mol. The molecule has 4 aromatic rings. The van der Waals surface area contributed by atoms with Crippen LogP contribution in [0.15, 0.2) is 95.7 Å². The van der Waals surface area contributed by atoms with E-state index in [2.05, 4.69) is 30.8 Å². The number of hydrogen-bond donors (Lipinski definition) is 1. The minimum Gasteiger partial charge on any atom is -0.351 e. The van der Waals surface area contributed by atoms with Crippen LogP contribution >= 0.6 is 28.1 Å². The molecule has 3 heterocycles. The molecule has 0 bridgehead atoms. The fourth-order valence-electron chi connectivity index (χ4n) is 4.03. The number of nitrogens with one attached hydrogen (secondary N) is 1. The highest BCUT2D eigenvalue weighted by Gasteiger charge is 2.42. The number of hydrogen-bond acceptors (Lipinski definition) is 2. The van der Waals surface area contributed by atoms with E-state index in [9.17, 15) is 4.39 Å². The minimum absolute atomic E-state index is 0.239. The highest BCUT2D eigenvalue weighted by atomic mass is 79.9. The summed E-state index contributed by atoms with van der Waals surface area (Å²) in [5.74, 6) is -0.319. The standard InChI is InChI=1S/C24H18BrFN4S/c25-16-10-12-17(13-11-16)29-15-5-9-21(29)23-22(19-7-3-4-14-27-19)28-24(31)30(23)20-8-2-1-6-18(20)26/h1-15,22-23H,(H,28,31)/t22-,23+/m1/s1. The first kappa shape index (κ1) is 19.9. The fraction of sp³-hybridized carbons (Fsp3) is 0.0833. The molecule has 0 spiro atoms. The summed E-state index contributed by atoms with van der Waals surface area (Å²) in [6.45, 7) is 0. The monoisotopic (exact) mass is 492 g/mol. The van der Waals surface area contributed by atoms with Crippen molar-refractivity contribution in [1.82, 2.24) is 14.9 Å². The Bertz CT molecular complexity index is 1230. The van der Waals surface area contributed by atoms with E-state index in [1.807, 2.05) is 71.8 Å². The van der Waals surface area contributed by atoms with Gasteiger partial charge in [0.1, 0.15) is 11.9 Å². The molecule has 0 unspecified atom stereocenters. The van der Waals surface area contributed by atoms with Gasteiger partial charge in [-0.25, -0.2) is 4.39 Å². The van der Waals surface area contributed by atoms with Gasteiger partial charge in [-0.1, -0.05) is 34.1 Å². The lowest BCUT2D eigenvalue weighted by Crippen LogP contribution is -2.31. The molecule has 0 radical (unpaired) electrons. The van der Waals surface area contributed by atoms with E-state index in [-0.39, 0.29) is 17.9 Å². The van der Waals surface area contributed by atoms with Crippen LogP contribution in [0.25, 0.3) is 5.69 Å². The van der Waals surface area contributed by atoms with Crippen molar-refractivity contribution in [3.63, 3.8) is 0 Å². The van der Waals surface area contributed by atoms with Gasteiger partial charge in [0.15, 0.2) is 5.11 Å². The molecule has 0 aliphatic carbocycles. The largest absolute Gasteiger partial charge is 0.351 e. The van der Waals surface area contributed by atoms with Gasteiger partial charge in [0.05, 0.1) is 17.4 Å². The average molecular weight is 493 g/mol. The third kappa shape index (κ3) is 3.64. The summed E-state index contributed by atoms with van der Waals surface area (Å²) >= 11 is 9.19. The summed E-state index contributed by atoms with van der Waals surface area (Å²) in [5.41, 5.74) is 3.27. The topological polar surface area (TPSA) is 33.1 Å². The molecule has 7 heteroatoms. The van der Waals surface area contributed by atoms with Crippen molar-refractivity contribution in [1.29, 1.82) is 0 Å². The minimum atomic E-state index is -0.319. The van der Waals surface area contributed by atoms with Crippen molar-refractivity contribution in [2.24, 2.45) is 0 Å². The lowest BCUT2D eigenvalue weighted by atomic mass is 10.0. The summed E-state index contributed by atoms with van der Waals surface area (Å²) in [7, 11) is 0. The van der Waals surface area contributed by atoms with Crippen molar-refractivity contribution in [3.8, 4) is 5.69 Å². The first-order valence-corrected chi connectivity index (χ1v) is 11.0. The average Bonchev–Trinajstić information content (AvgIpc) is 3.40. The lowest BCUT2D eigenvalue weighted by Gasteiger charge is -2.29. The van der Waals surface area contributed by atoms with Crippen molar-refractivity contribution >= 4 is 38.9 Å². The van der Waals surface area contributed by atoms with Gasteiger partial charge in [0.2, 0.25) is 0 Å². The van der Waals surface area contributed by atoms with Crippen LogP contribution in [-0.2, 0) is 0 Å². The Hall–Kier alpha value is -3.03. The van der Waals surface area contributed by atoms with E-state index in [4.69, 9.17) is 12.2 Å². The molecular formula is C24H18BrFN4S. The van der Waals surface area contributed by atoms with E-state index in [1.54, 1.807) is 18.3 Å². The predicted octanol–water partition coefficient (Wildman–Crippen LogP) is 5.95. The molecule has 31 heavy (non-hydrogen) atoms. The van der Waals surface area contributed by atoms with Crippen molar-refractivity contribution in [2.75, 3.05) is 4.90 Å². The maximum absolute atomic E-state index is 14.9. The highest BCUT2D eigenvalue weighted by Crippen LogP contribution is 2.42. The summed E-state index contributed by atoms with van der Waals surface area (Å²) in [4.78, 5) is 6.42. The maximum Gasteiger partial charge on any atom is 0.174 e. The van der Waals surface area contributed by atoms with Crippen LogP contribution in [-0.4, -0.2) is 14.7 Å². The van der Waals surface area contributed by atoms with Gasteiger partial charge < -0.3 is 14.8 Å². The molecule has 4 nitrogen and oxygen atoms in total. The number of nitrogens with zero attached hydrogens (tertiary/aromatic N) is 3. The number of aromatic nitrogens is 2. The molecule has 1 fully saturated rings. The molecule has 5 rings (SSSR count). The van der Waals surface area contributed by atoms with Gasteiger partial charge in [0.25, 0.3) is 0 Å². The molecule has 1 aliphatic heterocycles. The molecule has 0 amide bonds. The first-order chi connectivity index (χ1) is 15.1. The Labute approximate surface area is 193 Å². The van der Waals surface area contributed by atoms with E-state index < -0.39 is 0 Å². The van der Waals surface area contributed by atoms with Crippen molar-refractivity contribution in [3.05, 3.63) is 113 Å². The van der Waals surface area contributed by atoms with Gasteiger partial charge in [0, 0.05) is 28.2 Å². The Balaban J connectivity index is 1.68. The molecule has 0 saturated carbocycles. The van der Waals surface area contributed by atoms with Gasteiger partial charge in [-0.05, 0) is 72.9 Å². The molecule has 2 atom stereocenters. The smallest absolute Gasteiger partial charge is 0.174 e. The molecule has 2 aromatic carbocycles. The second kappa shape index (κ2) is 8.24. The van der Waals surface area contributed by atoms with Crippen LogP contribution in [0.5, 0.6) is 0 Å². The third-order valence-corrected chi connectivity index (χ3v) is 6.24. The summed E-state index contributed by atoms with van der Waals surface area (Å²) in [5, 5.41) is 3.85. The van der Waals surface area contributed by atoms with E-state index in [1.165, 1.54) is 6.07 Å². The number of pyridine rings is 1. The molecule has 1 N–H and O–H groups in total. The molecule has 1 aliphatic rings. The van der Waals surface area contributed by atoms with Crippen LogP contribution in [0, 0.1) is 5.82 Å². The number of anilines is 1. The zero-order valence-corrected chi connectivity index (χ0v) is 18.7. The Morgan fingerprint density at radius 3 is 2.45 bits per heavy atom. The number of para-hydroxylation sites is 1. The first-order valence-electron chi connectivity index (χ1n) is 9.82. The quantitative estimate of drug-likeness (QED) is 0.356. The van der Waals surface area contributed by atoms with Crippen LogP contribution in [0.2, 0.25) is 0 Å². The Morgan fingerprint density at radius 2 is 1.71 bits per heavy atom. The molecular weight excluding hydrogens is 475 g/mol. The van der Waals surface area contributed by atoms with Gasteiger partial charge in [-0.2, -0.15) is 0 Å². The number of halogens is 2. The van der Waals surface area contributed by atoms with E-state index in [0.29, 0.717) is 10.8 Å². The van der Waals surface area contributed by atoms with Crippen molar-refractivity contribution < 1.29 is 4.39 Å². The number of thiocarbonyl (C=S) groups is 1. The summed E-state index contributed by atoms with van der Waals surface area (Å²) in [6.07, 6.45) is 3.77. The van der Waals surface area contributed by atoms with Gasteiger partial charge in [-0.3, -0.25) is 4.98 Å². The van der Waals surface area contributed by atoms with Crippen LogP contribution < -0.4 is 10.2 Å². The van der Waals surface area contributed by atoms with E-state index >= 15 is 0 Å². The molecule has 154 valence electrons. The summed E-state index contributed by atoms with van der Waals surface area (Å²) in [6, 6.07) is 24.1. The van der Waals surface area contributed by atoms with Crippen LogP contribution in [0.4, 0.5) is 10.1 Å². The maximum atomic E-state index is 14.9. The van der Waals surface area contributed by atoms with Gasteiger partial charge >= 0.3 is 0 Å². The van der Waals surface area contributed by atoms with E-state index in [0.717, 1.165) is 21.5 Å². The lowest BCUT2D eigenvalue weighted by molar-refractivity contribution is 0.542. The second-order valence-corrected chi connectivity index (χ2v) is 8.53.